The average molecular weight is 522 g/mol. The number of nitrogens with zero attached hydrogens (tertiary/aromatic N) is 1. The number of hydrogen-bond donors (Lipinski definition) is 2. The zero-order valence-corrected chi connectivity index (χ0v) is 23.1. The molecule has 1 heterocycles. The Morgan fingerprint density at radius 2 is 1.36 bits per heavy atom. The molecule has 4 rings (SSSR count). The second-order valence-electron chi connectivity index (χ2n) is 10.6. The molecule has 3 aromatic carbocycles. The normalized spacial score (nSPS) is 12.1. The fourth-order valence-electron chi connectivity index (χ4n) is 4.54. The van der Waals surface area contributed by atoms with E-state index in [4.69, 9.17) is 4.74 Å². The topological polar surface area (TPSA) is 80.3 Å². The summed E-state index contributed by atoms with van der Waals surface area (Å²) in [4.78, 5) is 31.2. The van der Waals surface area contributed by atoms with Crippen molar-refractivity contribution in [1.29, 1.82) is 0 Å². The van der Waals surface area contributed by atoms with E-state index in [0.29, 0.717) is 5.69 Å². The van der Waals surface area contributed by atoms with Crippen LogP contribution < -0.4 is 10.6 Å². The van der Waals surface area contributed by atoms with Crippen molar-refractivity contribution in [2.75, 3.05) is 5.32 Å². The molecule has 2 N–H and O–H groups in total. The number of alkyl carbamates (subject to hydrolysis) is 1. The maximum Gasteiger partial charge on any atom is 0.408 e. The van der Waals surface area contributed by atoms with Crippen molar-refractivity contribution in [3.8, 4) is 11.1 Å². The number of pyridine rings is 1. The number of amides is 2. The molecule has 0 bridgehead atoms. The zero-order chi connectivity index (χ0) is 28.0. The van der Waals surface area contributed by atoms with E-state index in [0.717, 1.165) is 33.5 Å². The van der Waals surface area contributed by atoms with Crippen molar-refractivity contribution < 1.29 is 14.3 Å². The van der Waals surface area contributed by atoms with Gasteiger partial charge in [0.1, 0.15) is 11.6 Å². The number of rotatable bonds is 7. The van der Waals surface area contributed by atoms with Gasteiger partial charge in [-0.2, -0.15) is 0 Å². The molecule has 0 fully saturated rings. The van der Waals surface area contributed by atoms with E-state index in [1.165, 1.54) is 0 Å². The van der Waals surface area contributed by atoms with E-state index in [9.17, 15) is 9.59 Å². The molecule has 0 aliphatic carbocycles. The van der Waals surface area contributed by atoms with Crippen LogP contribution in [-0.4, -0.2) is 28.6 Å². The fourth-order valence-corrected chi connectivity index (χ4v) is 4.54. The molecule has 2 amide bonds. The fraction of sp³-hybridized carbons (Fsp3) is 0.242. The number of nitrogens with one attached hydrogen (secondary N) is 2. The number of carbonyl (C=O) groups excluding carboxylic acids is 2. The van der Waals surface area contributed by atoms with Crippen molar-refractivity contribution in [2.24, 2.45) is 0 Å². The van der Waals surface area contributed by atoms with Crippen LogP contribution in [0.3, 0.4) is 0 Å². The van der Waals surface area contributed by atoms with Gasteiger partial charge in [0, 0.05) is 23.5 Å². The van der Waals surface area contributed by atoms with Gasteiger partial charge in [0.05, 0.1) is 0 Å². The maximum atomic E-state index is 13.9. The van der Waals surface area contributed by atoms with Gasteiger partial charge in [-0.3, -0.25) is 9.78 Å². The summed E-state index contributed by atoms with van der Waals surface area (Å²) in [6.07, 6.45) is 1.14. The first kappa shape index (κ1) is 27.6. The smallest absolute Gasteiger partial charge is 0.408 e. The molecule has 0 spiro atoms. The number of benzene rings is 3. The summed E-state index contributed by atoms with van der Waals surface area (Å²) in [6, 6.07) is 28.1. The molecule has 0 radical (unpaired) electrons. The number of ether oxygens (including phenoxy) is 1. The molecular weight excluding hydrogens is 486 g/mol. The second kappa shape index (κ2) is 11.9. The third kappa shape index (κ3) is 7.11. The molecule has 0 saturated carbocycles. The predicted octanol–water partition coefficient (Wildman–Crippen LogP) is 7.03. The minimum Gasteiger partial charge on any atom is -0.444 e. The summed E-state index contributed by atoms with van der Waals surface area (Å²) in [5, 5.41) is 5.87. The lowest BCUT2D eigenvalue weighted by molar-refractivity contribution is -0.118. The Morgan fingerprint density at radius 3 is 1.90 bits per heavy atom. The van der Waals surface area contributed by atoms with Crippen LogP contribution in [0.1, 0.15) is 49.1 Å². The van der Waals surface area contributed by atoms with Gasteiger partial charge in [-0.25, -0.2) is 4.79 Å². The van der Waals surface area contributed by atoms with Gasteiger partial charge in [0.15, 0.2) is 0 Å². The molecule has 0 aliphatic rings. The van der Waals surface area contributed by atoms with E-state index in [2.05, 4.69) is 15.6 Å². The number of carbonyl (C=O) groups is 2. The van der Waals surface area contributed by atoms with Crippen LogP contribution in [-0.2, 0) is 9.53 Å². The first-order valence-corrected chi connectivity index (χ1v) is 13.1. The van der Waals surface area contributed by atoms with Crippen molar-refractivity contribution in [2.45, 2.75) is 52.2 Å². The van der Waals surface area contributed by atoms with Crippen molar-refractivity contribution in [3.05, 3.63) is 120 Å². The molecule has 0 unspecified atom stereocenters. The first-order chi connectivity index (χ1) is 18.6. The van der Waals surface area contributed by atoms with Gasteiger partial charge in [-0.1, -0.05) is 72.8 Å². The molecule has 0 saturated heterocycles. The van der Waals surface area contributed by atoms with Crippen LogP contribution in [0.5, 0.6) is 0 Å². The molecule has 4 aromatic rings. The molecular formula is C33H35N3O3. The number of aromatic nitrogens is 1. The third-order valence-electron chi connectivity index (χ3n) is 6.52. The van der Waals surface area contributed by atoms with Crippen LogP contribution >= 0.6 is 0 Å². The summed E-state index contributed by atoms with van der Waals surface area (Å²) in [5.41, 5.74) is 5.95. The molecule has 0 aliphatic heterocycles. The molecule has 39 heavy (non-hydrogen) atoms. The Balaban J connectivity index is 1.66. The Morgan fingerprint density at radius 1 is 0.795 bits per heavy atom. The van der Waals surface area contributed by atoms with Gasteiger partial charge in [0.2, 0.25) is 5.91 Å². The monoisotopic (exact) mass is 521 g/mol. The quantitative estimate of drug-likeness (QED) is 0.274. The lowest BCUT2D eigenvalue weighted by Crippen LogP contribution is -2.49. The van der Waals surface area contributed by atoms with Crippen molar-refractivity contribution in [3.63, 3.8) is 0 Å². The van der Waals surface area contributed by atoms with Gasteiger partial charge in [0.25, 0.3) is 0 Å². The summed E-state index contributed by atoms with van der Waals surface area (Å²) < 4.78 is 5.54. The van der Waals surface area contributed by atoms with Gasteiger partial charge in [-0.05, 0) is 80.6 Å². The van der Waals surface area contributed by atoms with Gasteiger partial charge >= 0.3 is 6.09 Å². The van der Waals surface area contributed by atoms with Crippen LogP contribution in [0.25, 0.3) is 11.1 Å². The van der Waals surface area contributed by atoms with E-state index >= 15 is 0 Å². The van der Waals surface area contributed by atoms with Gasteiger partial charge in [-0.15, -0.1) is 0 Å². The minimum absolute atomic E-state index is 0.345. The molecule has 1 aromatic heterocycles. The largest absolute Gasteiger partial charge is 0.444 e. The lowest BCUT2D eigenvalue weighted by atomic mass is 9.84. The van der Waals surface area contributed by atoms with Crippen LogP contribution in [0.4, 0.5) is 10.5 Å². The standard InChI is InChI=1S/C33H35N3O3/c1-22-23(2)34-21-20-28(22)24-16-18-27(19-17-24)35-31(37)30(36-32(38)39-33(3,4)5)29(25-12-8-6-9-13-25)26-14-10-7-11-15-26/h6-21,29-30H,1-5H3,(H,35,37)(H,36,38)/t30-/m0/s1. The summed E-state index contributed by atoms with van der Waals surface area (Å²) in [5.74, 6) is -0.788. The summed E-state index contributed by atoms with van der Waals surface area (Å²) in [6.45, 7) is 9.41. The Hall–Kier alpha value is -4.45. The van der Waals surface area contributed by atoms with Crippen LogP contribution in [0, 0.1) is 13.8 Å². The maximum absolute atomic E-state index is 13.9. The minimum atomic E-state index is -0.936. The summed E-state index contributed by atoms with van der Waals surface area (Å²) in [7, 11) is 0. The highest BCUT2D eigenvalue weighted by Crippen LogP contribution is 2.30. The second-order valence-corrected chi connectivity index (χ2v) is 10.6. The van der Waals surface area contributed by atoms with E-state index in [1.54, 1.807) is 27.0 Å². The Kier molecular flexibility index (Phi) is 8.45. The molecule has 1 atom stereocenters. The van der Waals surface area contributed by atoms with Crippen molar-refractivity contribution >= 4 is 17.7 Å². The SMILES string of the molecule is Cc1nccc(-c2ccc(NC(=O)[C@@H](NC(=O)OC(C)(C)C)C(c3ccccc3)c3ccccc3)cc2)c1C. The molecule has 6 heteroatoms. The molecule has 6 nitrogen and oxygen atoms in total. The van der Waals surface area contributed by atoms with Crippen molar-refractivity contribution in [1.82, 2.24) is 10.3 Å². The van der Waals surface area contributed by atoms with E-state index in [1.807, 2.05) is 105 Å². The zero-order valence-electron chi connectivity index (χ0n) is 23.1. The lowest BCUT2D eigenvalue weighted by Gasteiger charge is -2.29. The highest BCUT2D eigenvalue weighted by atomic mass is 16.6. The first-order valence-electron chi connectivity index (χ1n) is 13.1. The highest BCUT2D eigenvalue weighted by Gasteiger charge is 2.34. The van der Waals surface area contributed by atoms with Crippen LogP contribution in [0.2, 0.25) is 0 Å². The molecule has 200 valence electrons. The number of aryl methyl sites for hydroxylation is 1. The highest BCUT2D eigenvalue weighted by molar-refractivity contribution is 5.98. The number of hydrogen-bond acceptors (Lipinski definition) is 4. The third-order valence-corrected chi connectivity index (χ3v) is 6.52. The van der Waals surface area contributed by atoms with Crippen LogP contribution in [0.15, 0.2) is 97.2 Å². The Bertz CT molecular complexity index is 1370. The number of anilines is 1. The van der Waals surface area contributed by atoms with Gasteiger partial charge < -0.3 is 15.4 Å². The summed E-state index contributed by atoms with van der Waals surface area (Å²) >= 11 is 0. The average Bonchev–Trinajstić information content (AvgIpc) is 2.90. The Labute approximate surface area is 230 Å². The van der Waals surface area contributed by atoms with E-state index in [-0.39, 0.29) is 5.91 Å². The van der Waals surface area contributed by atoms with E-state index < -0.39 is 23.7 Å². The predicted molar refractivity (Wildman–Crippen MR) is 156 cm³/mol.